The number of aliphatic hydroxyl groups excluding tert-OH is 1. The van der Waals surface area contributed by atoms with Gasteiger partial charge in [0.05, 0.1) is 16.1 Å². The van der Waals surface area contributed by atoms with E-state index in [1.165, 1.54) is 0 Å². The molecule has 2 nitrogen and oxygen atoms in total. The monoisotopic (exact) mass is 261 g/mol. The van der Waals surface area contributed by atoms with E-state index < -0.39 is 6.10 Å². The third-order valence-electron chi connectivity index (χ3n) is 2.67. The highest BCUT2D eigenvalue weighted by Crippen LogP contribution is 2.28. The maximum atomic E-state index is 9.97. The van der Waals surface area contributed by atoms with E-state index in [1.54, 1.807) is 12.1 Å². The van der Waals surface area contributed by atoms with Gasteiger partial charge in [0.15, 0.2) is 0 Å². The Morgan fingerprint density at radius 3 is 2.50 bits per heavy atom. The molecule has 0 aromatic heterocycles. The van der Waals surface area contributed by atoms with Crippen LogP contribution in [0.5, 0.6) is 0 Å². The van der Waals surface area contributed by atoms with Gasteiger partial charge in [0.1, 0.15) is 0 Å². The third-order valence-corrected chi connectivity index (χ3v) is 3.41. The van der Waals surface area contributed by atoms with Gasteiger partial charge in [-0.3, -0.25) is 0 Å². The highest BCUT2D eigenvalue weighted by Gasteiger charge is 2.19. The van der Waals surface area contributed by atoms with Crippen molar-refractivity contribution in [3.05, 3.63) is 33.8 Å². The molecule has 1 rings (SSSR count). The van der Waals surface area contributed by atoms with Crippen LogP contribution in [0, 0.1) is 0 Å². The van der Waals surface area contributed by atoms with Crippen molar-refractivity contribution in [2.24, 2.45) is 5.73 Å². The van der Waals surface area contributed by atoms with Crippen molar-refractivity contribution in [1.82, 2.24) is 0 Å². The summed E-state index contributed by atoms with van der Waals surface area (Å²) in [5, 5.41) is 11.0. The normalized spacial score (nSPS) is 14.8. The van der Waals surface area contributed by atoms with Crippen molar-refractivity contribution >= 4 is 23.2 Å². The number of aliphatic hydroxyl groups is 1. The largest absolute Gasteiger partial charge is 0.392 e. The second-order valence-corrected chi connectivity index (χ2v) is 4.69. The molecule has 2 unspecified atom stereocenters. The van der Waals surface area contributed by atoms with Gasteiger partial charge >= 0.3 is 0 Å². The minimum absolute atomic E-state index is 0.0743. The first-order chi connectivity index (χ1) is 7.60. The van der Waals surface area contributed by atoms with Crippen LogP contribution in [0.1, 0.15) is 31.2 Å². The summed E-state index contributed by atoms with van der Waals surface area (Å²) in [4.78, 5) is 0. The standard InChI is InChI=1S/C12H17Cl2NO/c1-2-3-12(16)9(7-15)8-4-5-10(13)11(14)6-8/h4-6,9,12,16H,2-3,7,15H2,1H3. The molecular formula is C12H17Cl2NO. The van der Waals surface area contributed by atoms with Gasteiger partial charge in [-0.05, 0) is 24.1 Å². The van der Waals surface area contributed by atoms with Crippen LogP contribution < -0.4 is 5.73 Å². The molecule has 0 fully saturated rings. The van der Waals surface area contributed by atoms with E-state index >= 15 is 0 Å². The number of halogens is 2. The molecule has 0 amide bonds. The molecule has 3 N–H and O–H groups in total. The fourth-order valence-electron chi connectivity index (χ4n) is 1.76. The van der Waals surface area contributed by atoms with Gasteiger partial charge in [0, 0.05) is 12.5 Å². The maximum Gasteiger partial charge on any atom is 0.0620 e. The van der Waals surface area contributed by atoms with E-state index in [0.717, 1.165) is 18.4 Å². The van der Waals surface area contributed by atoms with Crippen molar-refractivity contribution < 1.29 is 5.11 Å². The summed E-state index contributed by atoms with van der Waals surface area (Å²) in [6.07, 6.45) is 1.24. The molecule has 0 aliphatic rings. The van der Waals surface area contributed by atoms with E-state index in [4.69, 9.17) is 28.9 Å². The van der Waals surface area contributed by atoms with Gasteiger partial charge in [-0.2, -0.15) is 0 Å². The summed E-state index contributed by atoms with van der Waals surface area (Å²) < 4.78 is 0. The summed E-state index contributed by atoms with van der Waals surface area (Å²) in [5.41, 5.74) is 6.63. The lowest BCUT2D eigenvalue weighted by Gasteiger charge is -2.21. The summed E-state index contributed by atoms with van der Waals surface area (Å²) in [6.45, 7) is 2.44. The number of benzene rings is 1. The van der Waals surface area contributed by atoms with Crippen LogP contribution in [0.25, 0.3) is 0 Å². The Kier molecular flexibility index (Phi) is 5.56. The van der Waals surface area contributed by atoms with E-state index in [2.05, 4.69) is 0 Å². The molecule has 1 aromatic rings. The molecule has 0 saturated carbocycles. The zero-order valence-corrected chi connectivity index (χ0v) is 10.8. The highest BCUT2D eigenvalue weighted by atomic mass is 35.5. The molecular weight excluding hydrogens is 245 g/mol. The fraction of sp³-hybridized carbons (Fsp3) is 0.500. The lowest BCUT2D eigenvalue weighted by Crippen LogP contribution is -2.25. The van der Waals surface area contributed by atoms with Crippen molar-refractivity contribution in [2.75, 3.05) is 6.54 Å². The number of hydrogen-bond donors (Lipinski definition) is 2. The van der Waals surface area contributed by atoms with Crippen molar-refractivity contribution in [3.8, 4) is 0 Å². The summed E-state index contributed by atoms with van der Waals surface area (Å²) in [7, 11) is 0. The predicted octanol–water partition coefficient (Wildman–Crippen LogP) is 3.20. The van der Waals surface area contributed by atoms with E-state index in [9.17, 15) is 5.11 Å². The molecule has 0 bridgehead atoms. The number of hydrogen-bond acceptors (Lipinski definition) is 2. The number of nitrogens with two attached hydrogens (primary N) is 1. The second kappa shape index (κ2) is 6.45. The molecule has 0 aliphatic carbocycles. The Balaban J connectivity index is 2.90. The highest BCUT2D eigenvalue weighted by molar-refractivity contribution is 6.42. The van der Waals surface area contributed by atoms with Gasteiger partial charge in [-0.1, -0.05) is 42.6 Å². The zero-order valence-electron chi connectivity index (χ0n) is 9.29. The van der Waals surface area contributed by atoms with Crippen LogP contribution in [0.4, 0.5) is 0 Å². The molecule has 4 heteroatoms. The minimum atomic E-state index is -0.424. The molecule has 16 heavy (non-hydrogen) atoms. The van der Waals surface area contributed by atoms with Crippen molar-refractivity contribution in [3.63, 3.8) is 0 Å². The minimum Gasteiger partial charge on any atom is -0.392 e. The van der Waals surface area contributed by atoms with Crippen LogP contribution in [0.3, 0.4) is 0 Å². The Hall–Kier alpha value is -0.280. The molecule has 90 valence electrons. The first kappa shape index (κ1) is 13.8. The zero-order chi connectivity index (χ0) is 12.1. The average molecular weight is 262 g/mol. The third kappa shape index (κ3) is 3.36. The lowest BCUT2D eigenvalue weighted by molar-refractivity contribution is 0.135. The van der Waals surface area contributed by atoms with Gasteiger partial charge in [-0.15, -0.1) is 0 Å². The fourth-order valence-corrected chi connectivity index (χ4v) is 2.06. The first-order valence-electron chi connectivity index (χ1n) is 5.43. The van der Waals surface area contributed by atoms with Crippen LogP contribution in [-0.2, 0) is 0 Å². The van der Waals surface area contributed by atoms with Gasteiger partial charge in [0.25, 0.3) is 0 Å². The molecule has 0 aliphatic heterocycles. The Bertz CT molecular complexity index is 344. The Labute approximate surface area is 106 Å². The molecule has 2 atom stereocenters. The smallest absolute Gasteiger partial charge is 0.0620 e. The van der Waals surface area contributed by atoms with E-state index in [-0.39, 0.29) is 5.92 Å². The summed E-state index contributed by atoms with van der Waals surface area (Å²) in [6, 6.07) is 5.38. The SMILES string of the molecule is CCCC(O)C(CN)c1ccc(Cl)c(Cl)c1. The van der Waals surface area contributed by atoms with Gasteiger partial charge in [0.2, 0.25) is 0 Å². The first-order valence-corrected chi connectivity index (χ1v) is 6.18. The van der Waals surface area contributed by atoms with Gasteiger partial charge < -0.3 is 10.8 Å². The lowest BCUT2D eigenvalue weighted by atomic mass is 9.91. The predicted molar refractivity (Wildman–Crippen MR) is 69.2 cm³/mol. The van der Waals surface area contributed by atoms with Crippen molar-refractivity contribution in [2.45, 2.75) is 31.8 Å². The summed E-state index contributed by atoms with van der Waals surface area (Å²) >= 11 is 11.8. The molecule has 0 radical (unpaired) electrons. The molecule has 1 aromatic carbocycles. The van der Waals surface area contributed by atoms with Crippen molar-refractivity contribution in [1.29, 1.82) is 0 Å². The average Bonchev–Trinajstić information content (AvgIpc) is 2.25. The topological polar surface area (TPSA) is 46.2 Å². The molecule has 0 spiro atoms. The van der Waals surface area contributed by atoms with E-state index in [1.807, 2.05) is 13.0 Å². The Morgan fingerprint density at radius 2 is 2.00 bits per heavy atom. The van der Waals surface area contributed by atoms with Crippen LogP contribution in [0.15, 0.2) is 18.2 Å². The van der Waals surface area contributed by atoms with E-state index in [0.29, 0.717) is 16.6 Å². The maximum absolute atomic E-state index is 9.97. The van der Waals surface area contributed by atoms with Crippen LogP contribution in [0.2, 0.25) is 10.0 Å². The Morgan fingerprint density at radius 1 is 1.31 bits per heavy atom. The number of rotatable bonds is 5. The molecule has 0 heterocycles. The van der Waals surface area contributed by atoms with Crippen LogP contribution in [-0.4, -0.2) is 17.8 Å². The quantitative estimate of drug-likeness (QED) is 0.855. The van der Waals surface area contributed by atoms with Crippen LogP contribution >= 0.6 is 23.2 Å². The molecule has 0 saturated heterocycles. The summed E-state index contributed by atoms with van der Waals surface area (Å²) in [5.74, 6) is -0.0743. The second-order valence-electron chi connectivity index (χ2n) is 3.87. The van der Waals surface area contributed by atoms with Gasteiger partial charge in [-0.25, -0.2) is 0 Å².